The van der Waals surface area contributed by atoms with E-state index < -0.39 is 18.2 Å². The highest BCUT2D eigenvalue weighted by Gasteiger charge is 2.21. The molecule has 2 aromatic rings. The molecule has 0 heterocycles. The highest BCUT2D eigenvalue weighted by Crippen LogP contribution is 2.22. The van der Waals surface area contributed by atoms with Gasteiger partial charge in [-0.05, 0) is 28.7 Å². The molecule has 0 N–H and O–H groups in total. The van der Waals surface area contributed by atoms with Crippen LogP contribution in [-0.4, -0.2) is 18.2 Å². The van der Waals surface area contributed by atoms with E-state index in [1.54, 1.807) is 0 Å². The van der Waals surface area contributed by atoms with E-state index in [0.29, 0.717) is 17.9 Å². The lowest BCUT2D eigenvalue weighted by Gasteiger charge is -2.20. The van der Waals surface area contributed by atoms with Gasteiger partial charge in [0.05, 0.1) is 0 Å². The first kappa shape index (κ1) is 20.4. The molecule has 0 saturated heterocycles. The highest BCUT2D eigenvalue weighted by atomic mass is 16.7. The first-order valence-corrected chi connectivity index (χ1v) is 9.04. The molecule has 2 rings (SSSR count). The van der Waals surface area contributed by atoms with Crippen molar-refractivity contribution in [2.24, 2.45) is 0 Å². The number of esters is 2. The van der Waals surface area contributed by atoms with Crippen LogP contribution in [-0.2, 0) is 25.5 Å². The predicted octanol–water partition coefficient (Wildman–Crippen LogP) is 4.89. The van der Waals surface area contributed by atoms with E-state index in [4.69, 9.17) is 9.47 Å². The molecule has 0 bridgehead atoms. The fourth-order valence-corrected chi connectivity index (χ4v) is 2.73. The van der Waals surface area contributed by atoms with Crippen molar-refractivity contribution in [1.29, 1.82) is 0 Å². The number of hydrogen-bond acceptors (Lipinski definition) is 4. The van der Waals surface area contributed by atoms with Crippen LogP contribution >= 0.6 is 0 Å². The zero-order valence-electron chi connectivity index (χ0n) is 16.3. The zero-order valence-corrected chi connectivity index (χ0v) is 16.3. The van der Waals surface area contributed by atoms with Gasteiger partial charge in [0.2, 0.25) is 0 Å². The Labute approximate surface area is 160 Å². The van der Waals surface area contributed by atoms with Crippen LogP contribution in [0.4, 0.5) is 0 Å². The smallest absolute Gasteiger partial charge is 0.305 e. The normalized spacial score (nSPS) is 11.6. The summed E-state index contributed by atoms with van der Waals surface area (Å²) in [7, 11) is 0. The molecule has 0 aromatic heterocycles. The molecular weight excluding hydrogens is 340 g/mol. The Kier molecular flexibility index (Phi) is 7.35. The van der Waals surface area contributed by atoms with Crippen molar-refractivity contribution in [2.45, 2.75) is 46.3 Å². The third-order valence-corrected chi connectivity index (χ3v) is 4.03. The minimum atomic E-state index is -1.05. The van der Waals surface area contributed by atoms with Gasteiger partial charge in [-0.2, -0.15) is 0 Å². The summed E-state index contributed by atoms with van der Waals surface area (Å²) < 4.78 is 10.6. The molecule has 0 atom stereocenters. The number of rotatable bonds is 7. The minimum Gasteiger partial charge on any atom is -0.421 e. The molecule has 27 heavy (non-hydrogen) atoms. The number of ether oxygens (including phenoxy) is 2. The summed E-state index contributed by atoms with van der Waals surface area (Å²) in [6.07, 6.45) is 1.37. The highest BCUT2D eigenvalue weighted by molar-refractivity contribution is 5.69. The second-order valence-electron chi connectivity index (χ2n) is 6.76. The molecule has 0 spiro atoms. The van der Waals surface area contributed by atoms with Crippen LogP contribution in [0.5, 0.6) is 0 Å². The number of carbonyl (C=O) groups excluding carboxylic acids is 2. The summed E-state index contributed by atoms with van der Waals surface area (Å²) in [6.45, 7) is 6.87. The fraction of sp³-hybridized carbons (Fsp3) is 0.304. The second-order valence-corrected chi connectivity index (χ2v) is 6.76. The van der Waals surface area contributed by atoms with Gasteiger partial charge in [0.25, 0.3) is 6.29 Å². The summed E-state index contributed by atoms with van der Waals surface area (Å²) in [4.78, 5) is 23.1. The van der Waals surface area contributed by atoms with Crippen LogP contribution in [0.2, 0.25) is 0 Å². The third kappa shape index (κ3) is 6.74. The van der Waals surface area contributed by atoms with E-state index in [1.807, 2.05) is 48.5 Å². The Balaban J connectivity index is 2.44. The first-order chi connectivity index (χ1) is 12.8. The molecule has 0 radical (unpaired) electrons. The van der Waals surface area contributed by atoms with Gasteiger partial charge < -0.3 is 9.47 Å². The molecule has 2 aromatic carbocycles. The molecule has 0 aliphatic heterocycles. The van der Waals surface area contributed by atoms with Gasteiger partial charge >= 0.3 is 11.9 Å². The predicted molar refractivity (Wildman–Crippen MR) is 106 cm³/mol. The summed E-state index contributed by atoms with van der Waals surface area (Å²) in [5, 5.41) is 0. The van der Waals surface area contributed by atoms with Gasteiger partial charge in [-0.15, -0.1) is 0 Å². The molecule has 4 heteroatoms. The Morgan fingerprint density at radius 1 is 0.926 bits per heavy atom. The van der Waals surface area contributed by atoms with Crippen molar-refractivity contribution in [3.05, 3.63) is 76.9 Å². The average molecular weight is 366 g/mol. The molecule has 0 aliphatic rings. The molecule has 0 unspecified atom stereocenters. The van der Waals surface area contributed by atoms with E-state index in [-0.39, 0.29) is 0 Å². The summed E-state index contributed by atoms with van der Waals surface area (Å²) in [6, 6.07) is 17.9. The maximum atomic E-state index is 11.5. The summed E-state index contributed by atoms with van der Waals surface area (Å²) in [5.74, 6) is -0.610. The van der Waals surface area contributed by atoms with Gasteiger partial charge in [-0.1, -0.05) is 68.4 Å². The van der Waals surface area contributed by atoms with E-state index in [1.165, 1.54) is 19.4 Å². The van der Waals surface area contributed by atoms with Crippen LogP contribution < -0.4 is 0 Å². The molecule has 0 aliphatic carbocycles. The van der Waals surface area contributed by atoms with Gasteiger partial charge in [0.1, 0.15) is 0 Å². The topological polar surface area (TPSA) is 52.6 Å². The fourth-order valence-electron chi connectivity index (χ4n) is 2.73. The van der Waals surface area contributed by atoms with E-state index in [9.17, 15) is 9.59 Å². The maximum absolute atomic E-state index is 11.5. The average Bonchev–Trinajstić information content (AvgIpc) is 2.61. The van der Waals surface area contributed by atoms with Gasteiger partial charge in [0.15, 0.2) is 0 Å². The number of hydrogen-bond donors (Lipinski definition) is 0. The maximum Gasteiger partial charge on any atom is 0.305 e. The lowest BCUT2D eigenvalue weighted by Crippen LogP contribution is -2.25. The number of benzene rings is 2. The van der Waals surface area contributed by atoms with Crippen LogP contribution in [0.25, 0.3) is 6.08 Å². The third-order valence-electron chi connectivity index (χ3n) is 4.03. The first-order valence-electron chi connectivity index (χ1n) is 9.04. The SMILES string of the molecule is CC(=O)OC(OC(C)=O)C(=Cc1cccc(C(C)C)c1)Cc1ccccc1. The van der Waals surface area contributed by atoms with Crippen molar-refractivity contribution < 1.29 is 19.1 Å². The monoisotopic (exact) mass is 366 g/mol. The Bertz CT molecular complexity index is 790. The molecule has 0 saturated carbocycles. The molecule has 0 amide bonds. The standard InChI is InChI=1S/C23H26O4/c1-16(2)21-12-8-11-20(14-21)15-22(13-19-9-6-5-7-10-19)23(26-17(3)24)27-18(4)25/h5-12,14-16,23H,13H2,1-4H3. The van der Waals surface area contributed by atoms with Crippen molar-refractivity contribution in [3.8, 4) is 0 Å². The van der Waals surface area contributed by atoms with E-state index in [2.05, 4.69) is 26.0 Å². The van der Waals surface area contributed by atoms with Gasteiger partial charge in [-0.25, -0.2) is 0 Å². The summed E-state index contributed by atoms with van der Waals surface area (Å²) >= 11 is 0. The Morgan fingerprint density at radius 2 is 1.56 bits per heavy atom. The van der Waals surface area contributed by atoms with Crippen molar-refractivity contribution in [3.63, 3.8) is 0 Å². The zero-order chi connectivity index (χ0) is 19.8. The van der Waals surface area contributed by atoms with Gasteiger partial charge in [0, 0.05) is 25.8 Å². The largest absolute Gasteiger partial charge is 0.421 e. The lowest BCUT2D eigenvalue weighted by atomic mass is 9.98. The van der Waals surface area contributed by atoms with Gasteiger partial charge in [-0.3, -0.25) is 9.59 Å². The number of carbonyl (C=O) groups is 2. The Hall–Kier alpha value is -2.88. The molecular formula is C23H26O4. The minimum absolute atomic E-state index is 0.397. The van der Waals surface area contributed by atoms with Crippen LogP contribution in [0.3, 0.4) is 0 Å². The Morgan fingerprint density at radius 3 is 2.11 bits per heavy atom. The molecule has 142 valence electrons. The van der Waals surface area contributed by atoms with E-state index in [0.717, 1.165) is 11.1 Å². The second kappa shape index (κ2) is 9.72. The van der Waals surface area contributed by atoms with Crippen molar-refractivity contribution in [2.75, 3.05) is 0 Å². The summed E-state index contributed by atoms with van der Waals surface area (Å²) in [5.41, 5.74) is 3.91. The quantitative estimate of drug-likeness (QED) is 0.517. The molecule has 4 nitrogen and oxygen atoms in total. The van der Waals surface area contributed by atoms with Crippen LogP contribution in [0, 0.1) is 0 Å². The van der Waals surface area contributed by atoms with Crippen LogP contribution in [0.15, 0.2) is 60.2 Å². The lowest BCUT2D eigenvalue weighted by molar-refractivity contribution is -0.178. The van der Waals surface area contributed by atoms with Crippen LogP contribution in [0.1, 0.15) is 50.3 Å². The van der Waals surface area contributed by atoms with Crippen molar-refractivity contribution in [1.82, 2.24) is 0 Å². The molecule has 0 fully saturated rings. The van der Waals surface area contributed by atoms with E-state index >= 15 is 0 Å². The van der Waals surface area contributed by atoms with Crippen molar-refractivity contribution >= 4 is 18.0 Å².